The predicted molar refractivity (Wildman–Crippen MR) is 108 cm³/mol. The van der Waals surface area contributed by atoms with E-state index >= 15 is 0 Å². The Morgan fingerprint density at radius 1 is 1.25 bits per heavy atom. The number of nitrogens with two attached hydrogens (primary N) is 1. The van der Waals surface area contributed by atoms with E-state index in [-0.39, 0.29) is 24.5 Å². The van der Waals surface area contributed by atoms with Gasteiger partial charge in [-0.25, -0.2) is 4.98 Å². The van der Waals surface area contributed by atoms with Crippen LogP contribution in [0.3, 0.4) is 0 Å². The zero-order chi connectivity index (χ0) is 19.5. The number of anilines is 2. The normalized spacial score (nSPS) is 19.6. The molecule has 0 radical (unpaired) electrons. The summed E-state index contributed by atoms with van der Waals surface area (Å²) in [5.41, 5.74) is 8.35. The number of nitrogens with one attached hydrogen (secondary N) is 1. The van der Waals surface area contributed by atoms with Crippen molar-refractivity contribution in [2.75, 3.05) is 24.8 Å². The molecule has 8 heteroatoms. The number of rotatable bonds is 6. The molecule has 1 aliphatic carbocycles. The molecule has 0 unspecified atom stereocenters. The monoisotopic (exact) mass is 382 g/mol. The maximum Gasteiger partial charge on any atom is 0.222 e. The molecule has 3 aromatic rings. The van der Waals surface area contributed by atoms with Crippen molar-refractivity contribution in [3.05, 3.63) is 36.0 Å². The number of para-hydroxylation sites is 1. The fraction of sp³-hybridized carbons (Fsp3) is 0.450. The van der Waals surface area contributed by atoms with Gasteiger partial charge in [0.1, 0.15) is 11.3 Å². The number of aliphatic hydroxyl groups is 1. The number of aliphatic hydroxyl groups excluding tert-OH is 1. The van der Waals surface area contributed by atoms with Crippen LogP contribution in [0.5, 0.6) is 5.75 Å². The molecule has 0 spiro atoms. The first kappa shape index (κ1) is 18.5. The van der Waals surface area contributed by atoms with Crippen LogP contribution in [-0.2, 0) is 6.54 Å². The number of fused-ring (bicyclic) bond motifs is 1. The number of hydrogen-bond acceptors (Lipinski definition) is 7. The van der Waals surface area contributed by atoms with E-state index in [9.17, 15) is 5.11 Å². The first-order valence-corrected chi connectivity index (χ1v) is 9.68. The molecule has 1 aliphatic rings. The van der Waals surface area contributed by atoms with Crippen LogP contribution >= 0.6 is 0 Å². The molecule has 28 heavy (non-hydrogen) atoms. The van der Waals surface area contributed by atoms with E-state index in [2.05, 4.69) is 15.3 Å². The van der Waals surface area contributed by atoms with Gasteiger partial charge in [0.05, 0.1) is 19.9 Å². The molecule has 0 bridgehead atoms. The molecule has 2 aromatic heterocycles. The molecule has 4 rings (SSSR count). The number of aromatic nitrogens is 4. The minimum Gasteiger partial charge on any atom is -0.496 e. The summed E-state index contributed by atoms with van der Waals surface area (Å²) in [6.45, 7) is 0.728. The zero-order valence-corrected chi connectivity index (χ0v) is 16.0. The Hall–Kier alpha value is -2.87. The van der Waals surface area contributed by atoms with Crippen molar-refractivity contribution < 1.29 is 9.84 Å². The SMILES string of the molecule is COc1ccccc1Cn1cc2nc(N)nc(N[C@H]3CCCC[C@@H]3CO)c2n1. The molecule has 148 valence electrons. The van der Waals surface area contributed by atoms with Gasteiger partial charge in [-0.1, -0.05) is 31.0 Å². The van der Waals surface area contributed by atoms with Crippen molar-refractivity contribution in [3.8, 4) is 5.75 Å². The number of benzene rings is 1. The Bertz CT molecular complexity index is 957. The maximum atomic E-state index is 9.70. The van der Waals surface area contributed by atoms with Crippen molar-refractivity contribution in [3.63, 3.8) is 0 Å². The molecular formula is C20H26N6O2. The fourth-order valence-electron chi connectivity index (χ4n) is 3.96. The first-order valence-electron chi connectivity index (χ1n) is 9.68. The Morgan fingerprint density at radius 3 is 2.89 bits per heavy atom. The van der Waals surface area contributed by atoms with Crippen LogP contribution in [0.2, 0.25) is 0 Å². The summed E-state index contributed by atoms with van der Waals surface area (Å²) >= 11 is 0. The number of hydrogen-bond donors (Lipinski definition) is 3. The van der Waals surface area contributed by atoms with Crippen LogP contribution in [0.15, 0.2) is 30.5 Å². The Labute approximate surface area is 163 Å². The van der Waals surface area contributed by atoms with Crippen LogP contribution in [0.25, 0.3) is 11.0 Å². The van der Waals surface area contributed by atoms with Crippen molar-refractivity contribution in [2.24, 2.45) is 5.92 Å². The molecule has 2 atom stereocenters. The second kappa shape index (κ2) is 8.02. The molecule has 8 nitrogen and oxygen atoms in total. The highest BCUT2D eigenvalue weighted by molar-refractivity contribution is 5.86. The molecule has 0 amide bonds. The van der Waals surface area contributed by atoms with Gasteiger partial charge in [-0.05, 0) is 18.9 Å². The van der Waals surface area contributed by atoms with Crippen molar-refractivity contribution in [1.82, 2.24) is 19.7 Å². The van der Waals surface area contributed by atoms with Gasteiger partial charge < -0.3 is 20.9 Å². The lowest BCUT2D eigenvalue weighted by molar-refractivity contribution is 0.178. The lowest BCUT2D eigenvalue weighted by Crippen LogP contribution is -2.34. The molecule has 0 saturated heterocycles. The smallest absolute Gasteiger partial charge is 0.222 e. The molecule has 0 aliphatic heterocycles. The van der Waals surface area contributed by atoms with Crippen molar-refractivity contribution in [1.29, 1.82) is 0 Å². The highest BCUT2D eigenvalue weighted by atomic mass is 16.5. The second-order valence-electron chi connectivity index (χ2n) is 7.28. The van der Waals surface area contributed by atoms with E-state index in [0.717, 1.165) is 37.0 Å². The largest absolute Gasteiger partial charge is 0.496 e. The third-order valence-corrected chi connectivity index (χ3v) is 5.42. The Balaban J connectivity index is 1.64. The summed E-state index contributed by atoms with van der Waals surface area (Å²) in [6.07, 6.45) is 6.17. The Kier molecular flexibility index (Phi) is 5.29. The van der Waals surface area contributed by atoms with E-state index in [4.69, 9.17) is 15.6 Å². The van der Waals surface area contributed by atoms with Crippen LogP contribution in [0.4, 0.5) is 11.8 Å². The predicted octanol–water partition coefficient (Wildman–Crippen LogP) is 2.43. The molecular weight excluding hydrogens is 356 g/mol. The Morgan fingerprint density at radius 2 is 2.07 bits per heavy atom. The van der Waals surface area contributed by atoms with Gasteiger partial charge in [0.2, 0.25) is 5.95 Å². The van der Waals surface area contributed by atoms with E-state index in [0.29, 0.717) is 23.4 Å². The summed E-state index contributed by atoms with van der Waals surface area (Å²) in [5, 5.41) is 17.9. The minimum atomic E-state index is 0.163. The summed E-state index contributed by atoms with van der Waals surface area (Å²) in [5.74, 6) is 1.88. The minimum absolute atomic E-state index is 0.163. The van der Waals surface area contributed by atoms with Crippen molar-refractivity contribution >= 4 is 22.8 Å². The van der Waals surface area contributed by atoms with Crippen LogP contribution in [0, 0.1) is 5.92 Å². The fourth-order valence-corrected chi connectivity index (χ4v) is 3.96. The third kappa shape index (κ3) is 3.73. The van der Waals surface area contributed by atoms with Gasteiger partial charge in [-0.15, -0.1) is 0 Å². The lowest BCUT2D eigenvalue weighted by atomic mass is 9.85. The molecule has 1 saturated carbocycles. The number of nitrogen functional groups attached to an aromatic ring is 1. The van der Waals surface area contributed by atoms with E-state index in [1.165, 1.54) is 0 Å². The average Bonchev–Trinajstić information content (AvgIpc) is 3.11. The van der Waals surface area contributed by atoms with Gasteiger partial charge >= 0.3 is 0 Å². The second-order valence-corrected chi connectivity index (χ2v) is 7.28. The number of nitrogens with zero attached hydrogens (tertiary/aromatic N) is 4. The van der Waals surface area contributed by atoms with Gasteiger partial charge in [0.15, 0.2) is 11.3 Å². The highest BCUT2D eigenvalue weighted by Gasteiger charge is 2.26. The van der Waals surface area contributed by atoms with Gasteiger partial charge in [0, 0.05) is 24.1 Å². The van der Waals surface area contributed by atoms with Gasteiger partial charge in [0.25, 0.3) is 0 Å². The first-order chi connectivity index (χ1) is 13.7. The van der Waals surface area contributed by atoms with Crippen molar-refractivity contribution in [2.45, 2.75) is 38.3 Å². The average molecular weight is 382 g/mol. The maximum absolute atomic E-state index is 9.70. The summed E-state index contributed by atoms with van der Waals surface area (Å²) < 4.78 is 7.26. The number of methoxy groups -OCH3 is 1. The topological polar surface area (TPSA) is 111 Å². The van der Waals surface area contributed by atoms with Gasteiger partial charge in [-0.2, -0.15) is 10.1 Å². The summed E-state index contributed by atoms with van der Waals surface area (Å²) in [7, 11) is 1.66. The van der Waals surface area contributed by atoms with Crippen LogP contribution in [0.1, 0.15) is 31.2 Å². The van der Waals surface area contributed by atoms with Crippen LogP contribution in [-0.4, -0.2) is 44.6 Å². The zero-order valence-electron chi connectivity index (χ0n) is 16.0. The van der Waals surface area contributed by atoms with E-state index in [1.807, 2.05) is 35.1 Å². The number of ether oxygens (including phenoxy) is 1. The van der Waals surface area contributed by atoms with E-state index in [1.54, 1.807) is 7.11 Å². The van der Waals surface area contributed by atoms with E-state index < -0.39 is 0 Å². The lowest BCUT2D eigenvalue weighted by Gasteiger charge is -2.31. The molecule has 4 N–H and O–H groups in total. The third-order valence-electron chi connectivity index (χ3n) is 5.42. The molecule has 2 heterocycles. The quantitative estimate of drug-likeness (QED) is 0.600. The van der Waals surface area contributed by atoms with Crippen LogP contribution < -0.4 is 15.8 Å². The molecule has 1 fully saturated rings. The highest BCUT2D eigenvalue weighted by Crippen LogP contribution is 2.29. The summed E-state index contributed by atoms with van der Waals surface area (Å²) in [4.78, 5) is 8.73. The summed E-state index contributed by atoms with van der Waals surface area (Å²) in [6, 6.07) is 8.03. The van der Waals surface area contributed by atoms with Gasteiger partial charge in [-0.3, -0.25) is 4.68 Å². The molecule has 1 aromatic carbocycles. The standard InChI is InChI=1S/C20H26N6O2/c1-28-17-9-5-3-6-13(17)10-26-11-16-18(25-26)19(24-20(21)23-16)22-15-8-4-2-7-14(15)12-27/h3,5-6,9,11,14-15,27H,2,4,7-8,10,12H2,1H3,(H3,21,22,23,24)/t14-,15+/m1/s1.